The minimum Gasteiger partial charge on any atom is -0.331 e. The van der Waals surface area contributed by atoms with Crippen LogP contribution in [-0.4, -0.2) is 19.1 Å². The van der Waals surface area contributed by atoms with Crippen LogP contribution < -0.4 is 0 Å². The predicted molar refractivity (Wildman–Crippen MR) is 44.2 cm³/mol. The molecule has 0 spiro atoms. The highest BCUT2D eigenvalue weighted by Gasteiger charge is 2.06. The van der Waals surface area contributed by atoms with Crippen molar-refractivity contribution in [2.24, 2.45) is 14.1 Å². The molecule has 4 heteroatoms. The van der Waals surface area contributed by atoms with E-state index >= 15 is 0 Å². The number of aromatic nitrogens is 4. The Morgan fingerprint density at radius 2 is 2.08 bits per heavy atom. The Morgan fingerprint density at radius 1 is 1.25 bits per heavy atom. The van der Waals surface area contributed by atoms with Gasteiger partial charge >= 0.3 is 0 Å². The van der Waals surface area contributed by atoms with Crippen LogP contribution in [0.5, 0.6) is 0 Å². The Labute approximate surface area is 70.5 Å². The standard InChI is InChI=1S/C8H9N4/c1-11-5-3-9-7(11)8-10-4-6-12(8)2/h3-5H,1-2H3. The van der Waals surface area contributed by atoms with E-state index in [4.69, 9.17) is 0 Å². The van der Waals surface area contributed by atoms with Crippen LogP contribution in [0.15, 0.2) is 18.6 Å². The van der Waals surface area contributed by atoms with E-state index in [1.54, 1.807) is 12.4 Å². The molecule has 0 fully saturated rings. The van der Waals surface area contributed by atoms with Crippen LogP contribution in [0.25, 0.3) is 11.6 Å². The number of imidazole rings is 2. The molecule has 1 radical (unpaired) electrons. The molecule has 2 aromatic heterocycles. The maximum atomic E-state index is 4.18. The number of hydrogen-bond donors (Lipinski definition) is 0. The lowest BCUT2D eigenvalue weighted by Crippen LogP contribution is -1.98. The summed E-state index contributed by atoms with van der Waals surface area (Å²) in [5, 5.41) is 0. The summed E-state index contributed by atoms with van der Waals surface area (Å²) >= 11 is 0. The summed E-state index contributed by atoms with van der Waals surface area (Å²) in [6.45, 7) is 0. The maximum Gasteiger partial charge on any atom is 0.176 e. The van der Waals surface area contributed by atoms with Gasteiger partial charge in [0.2, 0.25) is 0 Å². The summed E-state index contributed by atoms with van der Waals surface area (Å²) in [5.74, 6) is 1.70. The first-order chi connectivity index (χ1) is 5.79. The monoisotopic (exact) mass is 161 g/mol. The van der Waals surface area contributed by atoms with Gasteiger partial charge in [0.05, 0.1) is 12.4 Å². The molecule has 12 heavy (non-hydrogen) atoms. The van der Waals surface area contributed by atoms with E-state index in [0.717, 1.165) is 11.6 Å². The summed E-state index contributed by atoms with van der Waals surface area (Å²) < 4.78 is 3.75. The van der Waals surface area contributed by atoms with E-state index in [1.807, 2.05) is 29.4 Å². The van der Waals surface area contributed by atoms with Crippen molar-refractivity contribution in [2.75, 3.05) is 0 Å². The van der Waals surface area contributed by atoms with E-state index in [0.29, 0.717) is 0 Å². The molecule has 0 bridgehead atoms. The average molecular weight is 161 g/mol. The zero-order chi connectivity index (χ0) is 8.55. The van der Waals surface area contributed by atoms with Crippen molar-refractivity contribution in [3.05, 3.63) is 24.8 Å². The van der Waals surface area contributed by atoms with Crippen LogP contribution in [0.4, 0.5) is 0 Å². The molecule has 2 aromatic rings. The SMILES string of the molecule is Cn1[c]cnc1-c1nccn1C. The van der Waals surface area contributed by atoms with Crippen molar-refractivity contribution in [3.8, 4) is 11.6 Å². The van der Waals surface area contributed by atoms with Gasteiger partial charge in [0.15, 0.2) is 11.6 Å². The third kappa shape index (κ3) is 0.922. The first-order valence-electron chi connectivity index (χ1n) is 3.66. The molecular weight excluding hydrogens is 152 g/mol. The summed E-state index contributed by atoms with van der Waals surface area (Å²) in [4.78, 5) is 8.32. The summed E-state index contributed by atoms with van der Waals surface area (Å²) in [6.07, 6.45) is 8.23. The van der Waals surface area contributed by atoms with Gasteiger partial charge in [-0.3, -0.25) is 0 Å². The first kappa shape index (κ1) is 7.09. The highest BCUT2D eigenvalue weighted by Crippen LogP contribution is 2.11. The smallest absolute Gasteiger partial charge is 0.176 e. The molecule has 2 rings (SSSR count). The molecule has 0 amide bonds. The van der Waals surface area contributed by atoms with Gasteiger partial charge in [-0.2, -0.15) is 0 Å². The third-order valence-electron chi connectivity index (χ3n) is 1.78. The Morgan fingerprint density at radius 3 is 2.58 bits per heavy atom. The molecule has 0 aromatic carbocycles. The predicted octanol–water partition coefficient (Wildman–Crippen LogP) is 0.621. The van der Waals surface area contributed by atoms with Crippen molar-refractivity contribution >= 4 is 0 Å². The van der Waals surface area contributed by atoms with E-state index in [2.05, 4.69) is 16.2 Å². The Hall–Kier alpha value is -1.58. The van der Waals surface area contributed by atoms with Gasteiger partial charge in [-0.1, -0.05) is 0 Å². The largest absolute Gasteiger partial charge is 0.331 e. The zero-order valence-corrected chi connectivity index (χ0v) is 7.02. The molecular formula is C8H9N4. The van der Waals surface area contributed by atoms with Gasteiger partial charge in [0, 0.05) is 26.5 Å². The lowest BCUT2D eigenvalue weighted by molar-refractivity contribution is 0.857. The molecule has 0 aliphatic rings. The fraction of sp³-hybridized carbons (Fsp3) is 0.250. The van der Waals surface area contributed by atoms with Crippen LogP contribution in [0.3, 0.4) is 0 Å². The van der Waals surface area contributed by atoms with Gasteiger partial charge in [0.1, 0.15) is 0 Å². The van der Waals surface area contributed by atoms with Crippen LogP contribution in [0.2, 0.25) is 0 Å². The van der Waals surface area contributed by atoms with Crippen molar-refractivity contribution < 1.29 is 0 Å². The van der Waals surface area contributed by atoms with E-state index in [9.17, 15) is 0 Å². The number of rotatable bonds is 1. The molecule has 0 aliphatic heterocycles. The molecule has 0 aliphatic carbocycles. The van der Waals surface area contributed by atoms with Crippen LogP contribution in [0, 0.1) is 6.20 Å². The van der Waals surface area contributed by atoms with E-state index in [1.165, 1.54) is 0 Å². The highest BCUT2D eigenvalue weighted by molar-refractivity contribution is 5.43. The van der Waals surface area contributed by atoms with Gasteiger partial charge in [0.25, 0.3) is 0 Å². The molecule has 0 saturated carbocycles. The first-order valence-corrected chi connectivity index (χ1v) is 3.66. The topological polar surface area (TPSA) is 35.6 Å². The fourth-order valence-electron chi connectivity index (χ4n) is 1.11. The van der Waals surface area contributed by atoms with E-state index < -0.39 is 0 Å². The van der Waals surface area contributed by atoms with Crippen LogP contribution in [-0.2, 0) is 14.1 Å². The second-order valence-electron chi connectivity index (χ2n) is 2.63. The second-order valence-corrected chi connectivity index (χ2v) is 2.63. The third-order valence-corrected chi connectivity index (χ3v) is 1.78. The number of nitrogens with zero attached hydrogens (tertiary/aromatic N) is 4. The average Bonchev–Trinajstić information content (AvgIpc) is 2.59. The molecule has 0 unspecified atom stereocenters. The lowest BCUT2D eigenvalue weighted by atomic mass is 10.5. The molecule has 4 nitrogen and oxygen atoms in total. The summed E-state index contributed by atoms with van der Waals surface area (Å²) in [5.41, 5.74) is 0. The van der Waals surface area contributed by atoms with E-state index in [-0.39, 0.29) is 0 Å². The second kappa shape index (κ2) is 2.48. The normalized spacial score (nSPS) is 10.5. The number of hydrogen-bond acceptors (Lipinski definition) is 2. The quantitative estimate of drug-likeness (QED) is 0.614. The van der Waals surface area contributed by atoms with Crippen molar-refractivity contribution in [1.29, 1.82) is 0 Å². The highest BCUT2D eigenvalue weighted by atomic mass is 15.1. The Kier molecular flexibility index (Phi) is 1.46. The van der Waals surface area contributed by atoms with Gasteiger partial charge in [-0.15, -0.1) is 0 Å². The minimum atomic E-state index is 0.836. The molecule has 0 atom stereocenters. The van der Waals surface area contributed by atoms with Crippen molar-refractivity contribution in [1.82, 2.24) is 19.1 Å². The van der Waals surface area contributed by atoms with Crippen LogP contribution >= 0.6 is 0 Å². The van der Waals surface area contributed by atoms with Gasteiger partial charge < -0.3 is 9.13 Å². The zero-order valence-electron chi connectivity index (χ0n) is 7.02. The Balaban J connectivity index is 2.57. The molecule has 2 heterocycles. The van der Waals surface area contributed by atoms with Crippen molar-refractivity contribution in [2.45, 2.75) is 0 Å². The maximum absolute atomic E-state index is 4.18. The fourth-order valence-corrected chi connectivity index (χ4v) is 1.11. The van der Waals surface area contributed by atoms with Crippen LogP contribution in [0.1, 0.15) is 0 Å². The Bertz CT molecular complexity index is 347. The lowest BCUT2D eigenvalue weighted by Gasteiger charge is -1.99. The summed E-state index contributed by atoms with van der Waals surface area (Å²) in [7, 11) is 3.84. The minimum absolute atomic E-state index is 0.836. The molecule has 0 saturated heterocycles. The number of aryl methyl sites for hydroxylation is 2. The molecule has 0 N–H and O–H groups in total. The van der Waals surface area contributed by atoms with Gasteiger partial charge in [-0.05, 0) is 0 Å². The summed E-state index contributed by atoms with van der Waals surface area (Å²) in [6, 6.07) is 0. The molecule has 61 valence electrons. The van der Waals surface area contributed by atoms with Gasteiger partial charge in [-0.25, -0.2) is 9.97 Å². The van der Waals surface area contributed by atoms with Crippen molar-refractivity contribution in [3.63, 3.8) is 0 Å².